The van der Waals surface area contributed by atoms with Crippen LogP contribution in [0, 0.1) is 23.3 Å². The molecule has 4 rings (SSSR count). The van der Waals surface area contributed by atoms with Gasteiger partial charge in [-0.25, -0.2) is 17.6 Å². The Morgan fingerprint density at radius 3 is 1.26 bits per heavy atom. The summed E-state index contributed by atoms with van der Waals surface area (Å²) in [6.45, 7) is 0. The topological polar surface area (TPSA) is 34.1 Å². The molecule has 0 aromatic heterocycles. The summed E-state index contributed by atoms with van der Waals surface area (Å²) in [6, 6.07) is 19.2. The highest BCUT2D eigenvalue weighted by atomic mass is 32.2. The smallest absolute Gasteiger partial charge is 0.202 e. The largest absolute Gasteiger partial charge is 0.286 e. The molecule has 0 aliphatic rings. The highest BCUT2D eigenvalue weighted by Crippen LogP contribution is 2.31. The van der Waals surface area contributed by atoms with Gasteiger partial charge in [0.1, 0.15) is 23.3 Å². The zero-order valence-electron chi connectivity index (χ0n) is 17.9. The Labute approximate surface area is 207 Å². The maximum atomic E-state index is 14.5. The van der Waals surface area contributed by atoms with Crippen molar-refractivity contribution in [1.82, 2.24) is 0 Å². The molecular formula is C27H16F4O2S2. The Kier molecular flexibility index (Phi) is 7.73. The fourth-order valence-corrected chi connectivity index (χ4v) is 4.92. The molecule has 0 atom stereocenters. The van der Waals surface area contributed by atoms with Crippen molar-refractivity contribution in [3.05, 3.63) is 108 Å². The number of carbonyl (C=O) groups excluding carboxylic acids is 2. The van der Waals surface area contributed by atoms with Crippen LogP contribution in [-0.2, 0) is 9.59 Å². The number of rotatable bonds is 6. The van der Waals surface area contributed by atoms with E-state index < -0.39 is 39.9 Å². The number of hydrogen-bond donors (Lipinski definition) is 0. The van der Waals surface area contributed by atoms with E-state index in [1.807, 2.05) is 0 Å². The van der Waals surface area contributed by atoms with E-state index in [1.54, 1.807) is 12.1 Å². The van der Waals surface area contributed by atoms with E-state index in [2.05, 4.69) is 0 Å². The molecule has 0 bridgehead atoms. The molecule has 176 valence electrons. The first kappa shape index (κ1) is 24.8. The summed E-state index contributed by atoms with van der Waals surface area (Å²) in [5.74, 6) is -2.01. The molecule has 0 radical (unpaired) electrons. The number of carbonyl (C=O) groups is 2. The summed E-state index contributed by atoms with van der Waals surface area (Å²) < 4.78 is 55.2. The lowest BCUT2D eigenvalue weighted by atomic mass is 10.1. The summed E-state index contributed by atoms with van der Waals surface area (Å²) in [6.07, 6.45) is -0.433. The lowest BCUT2D eigenvalue weighted by Crippen LogP contribution is -2.01. The second-order valence-electron chi connectivity index (χ2n) is 7.42. The predicted molar refractivity (Wildman–Crippen MR) is 130 cm³/mol. The number of thioether (sulfide) groups is 2. The molecule has 4 aromatic carbocycles. The van der Waals surface area contributed by atoms with Crippen molar-refractivity contribution >= 4 is 33.8 Å². The van der Waals surface area contributed by atoms with Crippen molar-refractivity contribution in [3.63, 3.8) is 0 Å². The Balaban J connectivity index is 1.36. The monoisotopic (exact) mass is 512 g/mol. The van der Waals surface area contributed by atoms with Gasteiger partial charge in [0.2, 0.25) is 10.2 Å². The second kappa shape index (κ2) is 10.9. The van der Waals surface area contributed by atoms with Gasteiger partial charge < -0.3 is 0 Å². The molecule has 0 fully saturated rings. The zero-order valence-corrected chi connectivity index (χ0v) is 19.6. The fraction of sp³-hybridized carbons (Fsp3) is 0.0370. The van der Waals surface area contributed by atoms with Gasteiger partial charge in [-0.15, -0.1) is 0 Å². The molecule has 0 unspecified atom stereocenters. The minimum atomic E-state index is -0.577. The van der Waals surface area contributed by atoms with Gasteiger partial charge in [-0.1, -0.05) is 59.9 Å². The molecule has 0 heterocycles. The maximum Gasteiger partial charge on any atom is 0.202 e. The first-order valence-corrected chi connectivity index (χ1v) is 11.9. The number of benzene rings is 4. The van der Waals surface area contributed by atoms with Gasteiger partial charge in [-0.05, 0) is 59.7 Å². The highest BCUT2D eigenvalue weighted by molar-refractivity contribution is 8.15. The molecule has 0 saturated carbocycles. The summed E-state index contributed by atoms with van der Waals surface area (Å²) in [5, 5.41) is -0.973. The third-order valence-electron chi connectivity index (χ3n) is 4.94. The van der Waals surface area contributed by atoms with Crippen molar-refractivity contribution in [3.8, 4) is 22.3 Å². The first-order valence-electron chi connectivity index (χ1n) is 10.3. The Bertz CT molecular complexity index is 1280. The van der Waals surface area contributed by atoms with Crippen LogP contribution in [0.5, 0.6) is 0 Å². The standard InChI is InChI=1S/C27H16F4O2S2/c28-18-5-1-16(2-6-18)22-11-9-20(13-24(22)30)34-26(32)15-27(33)35-21-10-12-23(25(31)14-21)17-3-7-19(29)8-4-17/h1-14H,15H2. The van der Waals surface area contributed by atoms with E-state index in [-0.39, 0.29) is 11.1 Å². The molecule has 0 spiro atoms. The van der Waals surface area contributed by atoms with Crippen LogP contribution in [-0.4, -0.2) is 10.2 Å². The van der Waals surface area contributed by atoms with Crippen molar-refractivity contribution < 1.29 is 27.2 Å². The Morgan fingerprint density at radius 2 is 0.914 bits per heavy atom. The molecular weight excluding hydrogens is 496 g/mol. The number of halogens is 4. The molecule has 0 saturated heterocycles. The molecule has 8 heteroatoms. The fourth-order valence-electron chi connectivity index (χ4n) is 3.30. The molecule has 0 amide bonds. The second-order valence-corrected chi connectivity index (χ2v) is 9.68. The summed E-state index contributed by atoms with van der Waals surface area (Å²) in [4.78, 5) is 25.3. The predicted octanol–water partition coefficient (Wildman–Crippen LogP) is 7.90. The highest BCUT2D eigenvalue weighted by Gasteiger charge is 2.16. The van der Waals surface area contributed by atoms with Crippen molar-refractivity contribution in [2.75, 3.05) is 0 Å². The van der Waals surface area contributed by atoms with Crippen LogP contribution in [0.3, 0.4) is 0 Å². The average Bonchev–Trinajstić information content (AvgIpc) is 2.81. The van der Waals surface area contributed by atoms with Crippen LogP contribution in [0.2, 0.25) is 0 Å². The van der Waals surface area contributed by atoms with Crippen LogP contribution >= 0.6 is 23.5 Å². The van der Waals surface area contributed by atoms with Gasteiger partial charge >= 0.3 is 0 Å². The summed E-state index contributed by atoms with van der Waals surface area (Å²) in [5.41, 5.74) is 1.52. The third kappa shape index (κ3) is 6.41. The van der Waals surface area contributed by atoms with E-state index in [9.17, 15) is 27.2 Å². The lowest BCUT2D eigenvalue weighted by molar-refractivity contribution is -0.117. The lowest BCUT2D eigenvalue weighted by Gasteiger charge is -2.07. The van der Waals surface area contributed by atoms with E-state index in [0.717, 1.165) is 23.5 Å². The van der Waals surface area contributed by atoms with Crippen LogP contribution in [0.1, 0.15) is 6.42 Å². The molecule has 2 nitrogen and oxygen atoms in total. The quantitative estimate of drug-likeness (QED) is 0.149. The summed E-state index contributed by atoms with van der Waals surface area (Å²) >= 11 is 1.46. The SMILES string of the molecule is O=C(CC(=O)Sc1ccc(-c2ccc(F)cc2)c(F)c1)Sc1ccc(-c2ccc(F)cc2)c(F)c1. The van der Waals surface area contributed by atoms with E-state index in [1.165, 1.54) is 72.8 Å². The normalized spacial score (nSPS) is 10.9. The maximum absolute atomic E-state index is 14.5. The minimum absolute atomic E-state index is 0.263. The molecule has 0 N–H and O–H groups in total. The third-order valence-corrected chi connectivity index (χ3v) is 6.67. The van der Waals surface area contributed by atoms with Gasteiger partial charge in [0.05, 0.1) is 6.42 Å². The van der Waals surface area contributed by atoms with Crippen molar-refractivity contribution in [2.45, 2.75) is 16.2 Å². The molecule has 0 aliphatic carbocycles. The molecule has 35 heavy (non-hydrogen) atoms. The van der Waals surface area contributed by atoms with Gasteiger partial charge in [0, 0.05) is 20.9 Å². The molecule has 0 aliphatic heterocycles. The van der Waals surface area contributed by atoms with Crippen LogP contribution < -0.4 is 0 Å². The Morgan fingerprint density at radius 1 is 0.543 bits per heavy atom. The van der Waals surface area contributed by atoms with Crippen LogP contribution in [0.15, 0.2) is 94.7 Å². The van der Waals surface area contributed by atoms with E-state index >= 15 is 0 Å². The first-order chi connectivity index (χ1) is 16.8. The van der Waals surface area contributed by atoms with Gasteiger partial charge in [-0.2, -0.15) is 0 Å². The minimum Gasteiger partial charge on any atom is -0.286 e. The van der Waals surface area contributed by atoms with Crippen LogP contribution in [0.4, 0.5) is 17.6 Å². The average molecular weight is 513 g/mol. The van der Waals surface area contributed by atoms with Crippen molar-refractivity contribution in [2.24, 2.45) is 0 Å². The zero-order chi connectivity index (χ0) is 24.9. The van der Waals surface area contributed by atoms with E-state index in [0.29, 0.717) is 20.9 Å². The Hall–Kier alpha value is -3.36. The number of hydrogen-bond acceptors (Lipinski definition) is 4. The summed E-state index contributed by atoms with van der Waals surface area (Å²) in [7, 11) is 0. The van der Waals surface area contributed by atoms with Gasteiger partial charge in [0.15, 0.2) is 0 Å². The van der Waals surface area contributed by atoms with E-state index in [4.69, 9.17) is 0 Å². The van der Waals surface area contributed by atoms with Crippen LogP contribution in [0.25, 0.3) is 22.3 Å². The van der Waals surface area contributed by atoms with Gasteiger partial charge in [0.25, 0.3) is 0 Å². The van der Waals surface area contributed by atoms with Crippen molar-refractivity contribution in [1.29, 1.82) is 0 Å². The molecule has 4 aromatic rings. The van der Waals surface area contributed by atoms with Gasteiger partial charge in [-0.3, -0.25) is 9.59 Å².